The Hall–Kier alpha value is -6.36. The minimum atomic E-state index is -1.23. The van der Waals surface area contributed by atoms with Gasteiger partial charge in [-0.1, -0.05) is 83.9 Å². The molecule has 60 heavy (non-hydrogen) atoms. The molecule has 0 saturated heterocycles. The molecule has 0 spiro atoms. The number of hydrogen-bond donors (Lipinski definition) is 2. The number of halogens is 2. The van der Waals surface area contributed by atoms with Crippen molar-refractivity contribution >= 4 is 41.0 Å². The van der Waals surface area contributed by atoms with E-state index in [1.165, 1.54) is 4.90 Å². The van der Waals surface area contributed by atoms with Crippen LogP contribution in [0.3, 0.4) is 0 Å². The maximum atomic E-state index is 14.2. The molecule has 3 atom stereocenters. The van der Waals surface area contributed by atoms with Crippen molar-refractivity contribution in [3.8, 4) is 28.4 Å². The highest BCUT2D eigenvalue weighted by atomic mass is 35.5. The molecule has 2 amide bonds. The summed E-state index contributed by atoms with van der Waals surface area (Å²) in [7, 11) is 0. The van der Waals surface area contributed by atoms with Crippen LogP contribution in [0.2, 0.25) is 10.0 Å². The molecule has 8 rings (SSSR count). The number of pyridine rings is 1. The van der Waals surface area contributed by atoms with E-state index in [1.54, 1.807) is 42.6 Å². The van der Waals surface area contributed by atoms with E-state index in [0.29, 0.717) is 39.5 Å². The molecule has 2 N–H and O–H groups in total. The topological polar surface area (TPSA) is 127 Å². The highest BCUT2D eigenvalue weighted by Gasteiger charge is 2.38. The zero-order valence-corrected chi connectivity index (χ0v) is 34.4. The molecule has 304 valence electrons. The summed E-state index contributed by atoms with van der Waals surface area (Å²) in [5.74, 6) is -0.363. The minimum Gasteiger partial charge on any atom is -0.489 e. The molecular formula is C48H41Cl2N3O7. The average molecular weight is 843 g/mol. The Morgan fingerprint density at radius 3 is 2.33 bits per heavy atom. The molecule has 10 nitrogen and oxygen atoms in total. The molecule has 1 unspecified atom stereocenters. The Balaban J connectivity index is 0.981. The largest absolute Gasteiger partial charge is 0.489 e. The van der Waals surface area contributed by atoms with Gasteiger partial charge in [0.25, 0.3) is 5.91 Å². The number of aromatic nitrogens is 1. The summed E-state index contributed by atoms with van der Waals surface area (Å²) < 4.78 is 18.6. The van der Waals surface area contributed by atoms with Gasteiger partial charge in [-0.3, -0.25) is 14.6 Å². The van der Waals surface area contributed by atoms with Crippen LogP contribution in [0.15, 0.2) is 121 Å². The summed E-state index contributed by atoms with van der Waals surface area (Å²) in [6.07, 6.45) is 1.56. The van der Waals surface area contributed by atoms with Crippen molar-refractivity contribution in [3.05, 3.63) is 176 Å². The minimum absolute atomic E-state index is 0.0555. The maximum Gasteiger partial charge on any atom is 0.326 e. The first kappa shape index (κ1) is 40.4. The van der Waals surface area contributed by atoms with Crippen LogP contribution in [0, 0.1) is 13.8 Å². The van der Waals surface area contributed by atoms with Gasteiger partial charge in [-0.2, -0.15) is 0 Å². The average Bonchev–Trinajstić information content (AvgIpc) is 3.26. The summed E-state index contributed by atoms with van der Waals surface area (Å²) in [6, 6.07) is 32.8. The lowest BCUT2D eigenvalue weighted by Crippen LogP contribution is -2.56. The predicted molar refractivity (Wildman–Crippen MR) is 229 cm³/mol. The number of benzene rings is 5. The van der Waals surface area contributed by atoms with Crippen molar-refractivity contribution in [1.29, 1.82) is 0 Å². The Bertz CT molecular complexity index is 2570. The first-order valence-electron chi connectivity index (χ1n) is 19.5. The normalized spacial score (nSPS) is 16.0. The van der Waals surface area contributed by atoms with Crippen molar-refractivity contribution in [2.24, 2.45) is 0 Å². The number of amides is 2. The van der Waals surface area contributed by atoms with Gasteiger partial charge >= 0.3 is 5.97 Å². The molecule has 0 saturated carbocycles. The van der Waals surface area contributed by atoms with Gasteiger partial charge in [0.05, 0.1) is 10.0 Å². The molecule has 2 aliphatic heterocycles. The van der Waals surface area contributed by atoms with Crippen LogP contribution in [0.25, 0.3) is 11.1 Å². The number of nitrogens with one attached hydrogen (secondary N) is 1. The van der Waals surface area contributed by atoms with Gasteiger partial charge in [-0.15, -0.1) is 0 Å². The van der Waals surface area contributed by atoms with Gasteiger partial charge in [0.15, 0.2) is 17.6 Å². The monoisotopic (exact) mass is 841 g/mol. The quantitative estimate of drug-likeness (QED) is 0.132. The van der Waals surface area contributed by atoms with Crippen molar-refractivity contribution < 1.29 is 33.7 Å². The first-order chi connectivity index (χ1) is 29.0. The smallest absolute Gasteiger partial charge is 0.326 e. The number of carboxylic acid groups (broad SMARTS) is 1. The third-order valence-electron chi connectivity index (χ3n) is 11.1. The number of aliphatic carboxylic acids is 1. The standard InChI is InChI=1S/C48H41Cl2N3O7/c1-28-29(2)51-19-18-38(28)32-11-8-30(9-12-32)21-41(48(56)57)52-46(54)42-22-35-23-43-44(24-36(35)25-53(42)47(55)34-6-4-3-5-7-34)60-45(27-59-43)33-13-15-37(16-14-33)58-26-31-10-17-39(49)40(50)20-31/h3-20,23-24,41-42,45H,21-22,25-27H2,1-2H3,(H,52,54)(H,56,57)/t41?,42-,45+/m0/s1. The number of hydrogen-bond acceptors (Lipinski definition) is 7. The van der Waals surface area contributed by atoms with Crippen LogP contribution in [-0.2, 0) is 35.6 Å². The molecule has 6 aromatic rings. The van der Waals surface area contributed by atoms with E-state index in [1.807, 2.05) is 92.7 Å². The van der Waals surface area contributed by atoms with Crippen LogP contribution < -0.4 is 19.5 Å². The lowest BCUT2D eigenvalue weighted by Gasteiger charge is -2.37. The highest BCUT2D eigenvalue weighted by Crippen LogP contribution is 2.41. The number of carbonyl (C=O) groups excluding carboxylic acids is 2. The second-order valence-electron chi connectivity index (χ2n) is 15.0. The molecule has 0 fully saturated rings. The third-order valence-corrected chi connectivity index (χ3v) is 11.8. The summed E-state index contributed by atoms with van der Waals surface area (Å²) >= 11 is 12.2. The van der Waals surface area contributed by atoms with E-state index in [4.69, 9.17) is 37.4 Å². The molecule has 0 bridgehead atoms. The summed E-state index contributed by atoms with van der Waals surface area (Å²) in [5, 5.41) is 14.0. The van der Waals surface area contributed by atoms with E-state index in [0.717, 1.165) is 50.2 Å². The van der Waals surface area contributed by atoms with E-state index < -0.39 is 30.1 Å². The number of fused-ring (bicyclic) bond motifs is 2. The number of aryl methyl sites for hydroxylation is 1. The highest BCUT2D eigenvalue weighted by molar-refractivity contribution is 6.42. The van der Waals surface area contributed by atoms with E-state index >= 15 is 0 Å². The zero-order valence-electron chi connectivity index (χ0n) is 32.9. The van der Waals surface area contributed by atoms with E-state index in [2.05, 4.69) is 10.3 Å². The lowest BCUT2D eigenvalue weighted by molar-refractivity contribution is -0.142. The Morgan fingerprint density at radius 1 is 0.867 bits per heavy atom. The van der Waals surface area contributed by atoms with Crippen LogP contribution in [-0.4, -0.2) is 51.5 Å². The van der Waals surface area contributed by atoms with E-state index in [-0.39, 0.29) is 31.9 Å². The Kier molecular flexibility index (Phi) is 11.8. The Labute approximate surface area is 357 Å². The summed E-state index contributed by atoms with van der Waals surface area (Å²) in [6.45, 7) is 4.65. The molecule has 0 aliphatic carbocycles. The van der Waals surface area contributed by atoms with Crippen molar-refractivity contribution in [1.82, 2.24) is 15.2 Å². The number of ether oxygens (including phenoxy) is 3. The van der Waals surface area contributed by atoms with Crippen LogP contribution >= 0.6 is 23.2 Å². The lowest BCUT2D eigenvalue weighted by atomic mass is 9.91. The van der Waals surface area contributed by atoms with Crippen LogP contribution in [0.4, 0.5) is 0 Å². The fourth-order valence-corrected chi connectivity index (χ4v) is 7.88. The number of nitrogens with zero attached hydrogens (tertiary/aromatic N) is 2. The van der Waals surface area contributed by atoms with Crippen LogP contribution in [0.5, 0.6) is 17.2 Å². The van der Waals surface area contributed by atoms with Crippen molar-refractivity contribution in [2.75, 3.05) is 6.61 Å². The van der Waals surface area contributed by atoms with E-state index in [9.17, 15) is 19.5 Å². The molecule has 3 heterocycles. The summed E-state index contributed by atoms with van der Waals surface area (Å²) in [4.78, 5) is 46.7. The second-order valence-corrected chi connectivity index (χ2v) is 15.8. The molecule has 5 aromatic carbocycles. The number of rotatable bonds is 11. The molecule has 1 aromatic heterocycles. The fourth-order valence-electron chi connectivity index (χ4n) is 7.56. The van der Waals surface area contributed by atoms with Gasteiger partial charge in [0, 0.05) is 36.8 Å². The predicted octanol–water partition coefficient (Wildman–Crippen LogP) is 9.14. The number of carbonyl (C=O) groups is 3. The SMILES string of the molecule is Cc1nccc(-c2ccc(CC(NC(=O)[C@@H]3Cc4cc5c(cc4CN3C(=O)c3ccccc3)O[C@@H](c3ccc(OCc4ccc(Cl)c(Cl)c4)cc3)CO5)C(=O)O)cc2)c1C. The van der Waals surface area contributed by atoms with Gasteiger partial charge < -0.3 is 29.5 Å². The number of carboxylic acids is 1. The van der Waals surface area contributed by atoms with Gasteiger partial charge in [0.1, 0.15) is 31.0 Å². The summed E-state index contributed by atoms with van der Waals surface area (Å²) in [5.41, 5.74) is 8.58. The maximum absolute atomic E-state index is 14.2. The molecule has 12 heteroatoms. The van der Waals surface area contributed by atoms with Crippen molar-refractivity contribution in [2.45, 2.75) is 58.0 Å². The van der Waals surface area contributed by atoms with Gasteiger partial charge in [0.2, 0.25) is 5.91 Å². The second kappa shape index (κ2) is 17.5. The first-order valence-corrected chi connectivity index (χ1v) is 20.3. The van der Waals surface area contributed by atoms with Gasteiger partial charge in [-0.05, 0) is 113 Å². The fraction of sp³-hybridized carbons (Fsp3) is 0.208. The Morgan fingerprint density at radius 2 is 1.60 bits per heavy atom. The third kappa shape index (κ3) is 8.80. The van der Waals surface area contributed by atoms with Gasteiger partial charge in [-0.25, -0.2) is 4.79 Å². The molecule has 2 aliphatic rings. The molecule has 0 radical (unpaired) electrons. The molecular weight excluding hydrogens is 801 g/mol. The van der Waals surface area contributed by atoms with Crippen LogP contribution in [0.1, 0.15) is 55.5 Å². The zero-order chi connectivity index (χ0) is 41.9. The van der Waals surface area contributed by atoms with Crippen molar-refractivity contribution in [3.63, 3.8) is 0 Å².